The smallest absolute Gasteiger partial charge is 0.123 e. The molecule has 0 aromatic heterocycles. The van der Waals surface area contributed by atoms with Crippen LogP contribution in [0.15, 0.2) is 18.2 Å². The fraction of sp³-hybridized carbons (Fsp3) is 0.571. The van der Waals surface area contributed by atoms with E-state index in [0.29, 0.717) is 12.5 Å². The summed E-state index contributed by atoms with van der Waals surface area (Å²) in [4.78, 5) is 2.42. The molecule has 2 rings (SSSR count). The van der Waals surface area contributed by atoms with E-state index >= 15 is 0 Å². The summed E-state index contributed by atoms with van der Waals surface area (Å²) in [5, 5.41) is 0.767. The molecule has 1 aliphatic heterocycles. The lowest BCUT2D eigenvalue weighted by molar-refractivity contribution is 0.297. The molecule has 0 amide bonds. The molecule has 0 bridgehead atoms. The van der Waals surface area contributed by atoms with Crippen LogP contribution in [0.4, 0.5) is 0 Å². The third-order valence-electron chi connectivity index (χ3n) is 3.42. The zero-order chi connectivity index (χ0) is 13.0. The number of halogens is 1. The van der Waals surface area contributed by atoms with Crippen LogP contribution in [0.5, 0.6) is 5.75 Å². The number of nitrogens with two attached hydrogens (primary N) is 1. The quantitative estimate of drug-likeness (QED) is 0.892. The van der Waals surface area contributed by atoms with Crippen molar-refractivity contribution in [1.82, 2.24) is 4.90 Å². The number of ether oxygens (including phenoxy) is 1. The largest absolute Gasteiger partial charge is 0.494 e. The average Bonchev–Trinajstić information content (AvgIpc) is 2.80. The minimum absolute atomic E-state index is 0.639. The Hall–Kier alpha value is -0.770. The van der Waals surface area contributed by atoms with Gasteiger partial charge in [0.05, 0.1) is 6.61 Å². The minimum atomic E-state index is 0.639. The van der Waals surface area contributed by atoms with Gasteiger partial charge in [0.25, 0.3) is 0 Å². The van der Waals surface area contributed by atoms with E-state index in [1.807, 2.05) is 25.1 Å². The van der Waals surface area contributed by atoms with E-state index in [0.717, 1.165) is 37.0 Å². The summed E-state index contributed by atoms with van der Waals surface area (Å²) >= 11 is 6.06. The van der Waals surface area contributed by atoms with E-state index in [-0.39, 0.29) is 0 Å². The summed E-state index contributed by atoms with van der Waals surface area (Å²) in [6, 6.07) is 5.84. The maximum absolute atomic E-state index is 6.06. The van der Waals surface area contributed by atoms with Gasteiger partial charge in [-0.15, -0.1) is 0 Å². The molecule has 1 saturated heterocycles. The summed E-state index contributed by atoms with van der Waals surface area (Å²) in [6.45, 7) is 6.55. The molecule has 4 heteroatoms. The summed E-state index contributed by atoms with van der Waals surface area (Å²) < 4.78 is 5.65. The standard InChI is InChI=1S/C14H21ClN2O/c1-2-18-14-4-3-13(15)7-12(14)10-17-6-5-11(8-16)9-17/h3-4,7,11H,2,5-6,8-10,16H2,1H3. The maximum Gasteiger partial charge on any atom is 0.123 e. The van der Waals surface area contributed by atoms with Crippen LogP contribution in [-0.4, -0.2) is 31.1 Å². The average molecular weight is 269 g/mol. The first-order valence-corrected chi connectivity index (χ1v) is 6.94. The van der Waals surface area contributed by atoms with Crippen molar-refractivity contribution in [3.05, 3.63) is 28.8 Å². The lowest BCUT2D eigenvalue weighted by atomic mass is 10.1. The van der Waals surface area contributed by atoms with Gasteiger partial charge in [0.15, 0.2) is 0 Å². The molecular weight excluding hydrogens is 248 g/mol. The van der Waals surface area contributed by atoms with Crippen LogP contribution < -0.4 is 10.5 Å². The molecule has 1 unspecified atom stereocenters. The van der Waals surface area contributed by atoms with Crippen molar-refractivity contribution >= 4 is 11.6 Å². The third-order valence-corrected chi connectivity index (χ3v) is 3.65. The highest BCUT2D eigenvalue weighted by Gasteiger charge is 2.22. The third kappa shape index (κ3) is 3.37. The Labute approximate surface area is 114 Å². The normalized spacial score (nSPS) is 20.3. The van der Waals surface area contributed by atoms with Crippen LogP contribution in [0.3, 0.4) is 0 Å². The summed E-state index contributed by atoms with van der Waals surface area (Å²) in [7, 11) is 0. The second-order valence-corrected chi connectivity index (χ2v) is 5.25. The summed E-state index contributed by atoms with van der Waals surface area (Å²) in [5.74, 6) is 1.58. The van der Waals surface area contributed by atoms with E-state index in [1.165, 1.54) is 12.0 Å². The van der Waals surface area contributed by atoms with E-state index < -0.39 is 0 Å². The fourth-order valence-corrected chi connectivity index (χ4v) is 2.65. The highest BCUT2D eigenvalue weighted by atomic mass is 35.5. The second kappa shape index (κ2) is 6.41. The van der Waals surface area contributed by atoms with Crippen LogP contribution in [0.25, 0.3) is 0 Å². The number of hydrogen-bond acceptors (Lipinski definition) is 3. The highest BCUT2D eigenvalue weighted by Crippen LogP contribution is 2.26. The molecule has 18 heavy (non-hydrogen) atoms. The molecule has 1 aromatic rings. The van der Waals surface area contributed by atoms with Crippen molar-refractivity contribution in [2.24, 2.45) is 11.7 Å². The second-order valence-electron chi connectivity index (χ2n) is 4.81. The Morgan fingerprint density at radius 1 is 1.50 bits per heavy atom. The summed E-state index contributed by atoms with van der Waals surface area (Å²) in [6.07, 6.45) is 1.20. The lowest BCUT2D eigenvalue weighted by Gasteiger charge is -2.18. The molecule has 1 aromatic carbocycles. The molecule has 0 spiro atoms. The van der Waals surface area contributed by atoms with Gasteiger partial charge >= 0.3 is 0 Å². The Bertz CT molecular complexity index is 397. The predicted octanol–water partition coefficient (Wildman–Crippen LogP) is 2.52. The van der Waals surface area contributed by atoms with Crippen molar-refractivity contribution in [2.75, 3.05) is 26.2 Å². The number of benzene rings is 1. The molecule has 0 aliphatic carbocycles. The Morgan fingerprint density at radius 2 is 2.33 bits per heavy atom. The topological polar surface area (TPSA) is 38.5 Å². The Balaban J connectivity index is 2.05. The van der Waals surface area contributed by atoms with Crippen LogP contribution in [-0.2, 0) is 6.54 Å². The van der Waals surface area contributed by atoms with Gasteiger partial charge in [0.2, 0.25) is 0 Å². The van der Waals surface area contributed by atoms with Crippen LogP contribution in [0.2, 0.25) is 5.02 Å². The molecule has 1 heterocycles. The first-order valence-electron chi connectivity index (χ1n) is 6.56. The van der Waals surface area contributed by atoms with Gasteiger partial charge in [0.1, 0.15) is 5.75 Å². The molecule has 0 saturated carbocycles. The van der Waals surface area contributed by atoms with E-state index in [4.69, 9.17) is 22.1 Å². The zero-order valence-electron chi connectivity index (χ0n) is 10.9. The van der Waals surface area contributed by atoms with Gasteiger partial charge in [-0.3, -0.25) is 4.90 Å². The monoisotopic (exact) mass is 268 g/mol. The number of hydrogen-bond donors (Lipinski definition) is 1. The van der Waals surface area contributed by atoms with Gasteiger partial charge < -0.3 is 10.5 Å². The van der Waals surface area contributed by atoms with Crippen molar-refractivity contribution in [2.45, 2.75) is 19.9 Å². The SMILES string of the molecule is CCOc1ccc(Cl)cc1CN1CCC(CN)C1. The predicted molar refractivity (Wildman–Crippen MR) is 75.1 cm³/mol. The van der Waals surface area contributed by atoms with Crippen molar-refractivity contribution < 1.29 is 4.74 Å². The first kappa shape index (κ1) is 13.7. The molecular formula is C14H21ClN2O. The van der Waals surface area contributed by atoms with Crippen molar-refractivity contribution in [3.8, 4) is 5.75 Å². The molecule has 1 atom stereocenters. The number of likely N-dealkylation sites (tertiary alicyclic amines) is 1. The minimum Gasteiger partial charge on any atom is -0.494 e. The van der Waals surface area contributed by atoms with Crippen LogP contribution in [0, 0.1) is 5.92 Å². The van der Waals surface area contributed by atoms with Crippen LogP contribution in [0.1, 0.15) is 18.9 Å². The van der Waals surface area contributed by atoms with Crippen molar-refractivity contribution in [1.29, 1.82) is 0 Å². The molecule has 1 fully saturated rings. The van der Waals surface area contributed by atoms with Crippen molar-refractivity contribution in [3.63, 3.8) is 0 Å². The van der Waals surface area contributed by atoms with E-state index in [9.17, 15) is 0 Å². The number of nitrogens with zero attached hydrogens (tertiary/aromatic N) is 1. The van der Waals surface area contributed by atoms with Gasteiger partial charge in [0, 0.05) is 23.7 Å². The fourth-order valence-electron chi connectivity index (χ4n) is 2.46. The molecule has 2 N–H and O–H groups in total. The zero-order valence-corrected chi connectivity index (χ0v) is 11.6. The highest BCUT2D eigenvalue weighted by molar-refractivity contribution is 6.30. The maximum atomic E-state index is 6.06. The molecule has 100 valence electrons. The molecule has 0 radical (unpaired) electrons. The lowest BCUT2D eigenvalue weighted by Crippen LogP contribution is -2.23. The first-order chi connectivity index (χ1) is 8.72. The Morgan fingerprint density at radius 3 is 3.00 bits per heavy atom. The van der Waals surface area contributed by atoms with Gasteiger partial charge in [-0.05, 0) is 50.6 Å². The molecule has 1 aliphatic rings. The van der Waals surface area contributed by atoms with E-state index in [1.54, 1.807) is 0 Å². The molecule has 3 nitrogen and oxygen atoms in total. The van der Waals surface area contributed by atoms with Gasteiger partial charge in [-0.2, -0.15) is 0 Å². The van der Waals surface area contributed by atoms with Gasteiger partial charge in [-0.25, -0.2) is 0 Å². The summed E-state index contributed by atoms with van der Waals surface area (Å²) in [5.41, 5.74) is 6.89. The van der Waals surface area contributed by atoms with Gasteiger partial charge in [-0.1, -0.05) is 11.6 Å². The van der Waals surface area contributed by atoms with E-state index in [2.05, 4.69) is 4.90 Å². The Kier molecular flexibility index (Phi) is 4.87. The number of rotatable bonds is 5. The van der Waals surface area contributed by atoms with Crippen LogP contribution >= 0.6 is 11.6 Å².